The lowest BCUT2D eigenvalue weighted by atomic mass is 9.97. The molecule has 0 bridgehead atoms. The van der Waals surface area contributed by atoms with Crippen LogP contribution in [0.1, 0.15) is 26.2 Å². The minimum absolute atomic E-state index is 0. The molecule has 2 aliphatic rings. The first-order valence-corrected chi connectivity index (χ1v) is 7.03. The highest BCUT2D eigenvalue weighted by Crippen LogP contribution is 2.16. The van der Waals surface area contributed by atoms with E-state index in [-0.39, 0.29) is 30.9 Å². The van der Waals surface area contributed by atoms with Gasteiger partial charge in [0.05, 0.1) is 6.10 Å². The molecule has 2 saturated heterocycles. The summed E-state index contributed by atoms with van der Waals surface area (Å²) in [5.41, 5.74) is 5.90. The van der Waals surface area contributed by atoms with E-state index in [0.717, 1.165) is 58.5 Å². The number of rotatable bonds is 3. The van der Waals surface area contributed by atoms with Gasteiger partial charge < -0.3 is 20.6 Å². The zero-order chi connectivity index (χ0) is 12.3. The van der Waals surface area contributed by atoms with Crippen LogP contribution < -0.4 is 5.73 Å². The lowest BCUT2D eigenvalue weighted by molar-refractivity contribution is 0.0304. The zero-order valence-corrected chi connectivity index (χ0v) is 13.5. The van der Waals surface area contributed by atoms with E-state index in [1.165, 1.54) is 0 Å². The first kappa shape index (κ1) is 19.4. The van der Waals surface area contributed by atoms with Crippen molar-refractivity contribution >= 4 is 24.8 Å². The molecule has 4 nitrogen and oxygen atoms in total. The molecule has 0 aromatic carbocycles. The van der Waals surface area contributed by atoms with Gasteiger partial charge in [-0.05, 0) is 38.3 Å². The summed E-state index contributed by atoms with van der Waals surface area (Å²) in [6, 6.07) is 0.427. The highest BCUT2D eigenvalue weighted by atomic mass is 35.5. The van der Waals surface area contributed by atoms with Gasteiger partial charge in [0.2, 0.25) is 0 Å². The molecule has 0 amide bonds. The maximum atomic E-state index is 9.69. The average Bonchev–Trinajstić information content (AvgIpc) is 2.33. The second kappa shape index (κ2) is 9.37. The normalized spacial score (nSPS) is 30.5. The Morgan fingerprint density at radius 3 is 2.11 bits per heavy atom. The summed E-state index contributed by atoms with van der Waals surface area (Å²) in [6.45, 7) is 8.88. The SMILES string of the molecule is CC1CN(CCN2CCC(N)CC2)CC[C@@H]1O.Cl.Cl. The molecule has 2 atom stereocenters. The van der Waals surface area contributed by atoms with Gasteiger partial charge >= 0.3 is 0 Å². The second-order valence-electron chi connectivity index (χ2n) is 5.81. The molecule has 1 unspecified atom stereocenters. The van der Waals surface area contributed by atoms with Gasteiger partial charge in [0, 0.05) is 32.2 Å². The second-order valence-corrected chi connectivity index (χ2v) is 5.81. The molecule has 0 spiro atoms. The van der Waals surface area contributed by atoms with Crippen molar-refractivity contribution in [2.24, 2.45) is 11.7 Å². The zero-order valence-electron chi connectivity index (χ0n) is 11.8. The number of nitrogens with zero attached hydrogens (tertiary/aromatic N) is 2. The molecule has 116 valence electrons. The summed E-state index contributed by atoms with van der Waals surface area (Å²) in [5.74, 6) is 0.429. The molecule has 2 heterocycles. The van der Waals surface area contributed by atoms with Gasteiger partial charge in [-0.3, -0.25) is 0 Å². The van der Waals surface area contributed by atoms with Crippen molar-refractivity contribution in [2.75, 3.05) is 39.3 Å². The molecule has 2 fully saturated rings. The molecule has 0 aromatic heterocycles. The van der Waals surface area contributed by atoms with Crippen molar-refractivity contribution in [1.82, 2.24) is 9.80 Å². The van der Waals surface area contributed by atoms with Gasteiger partial charge in [0.15, 0.2) is 0 Å². The van der Waals surface area contributed by atoms with Gasteiger partial charge in [-0.15, -0.1) is 24.8 Å². The Labute approximate surface area is 129 Å². The van der Waals surface area contributed by atoms with Crippen LogP contribution in [0, 0.1) is 5.92 Å². The average molecular weight is 314 g/mol. The van der Waals surface area contributed by atoms with E-state index in [0.29, 0.717) is 12.0 Å². The Morgan fingerprint density at radius 2 is 1.53 bits per heavy atom. The first-order chi connectivity index (χ1) is 8.15. The predicted octanol–water partition coefficient (Wildman–Crippen LogP) is 0.956. The highest BCUT2D eigenvalue weighted by Gasteiger charge is 2.24. The van der Waals surface area contributed by atoms with Crippen molar-refractivity contribution in [3.8, 4) is 0 Å². The van der Waals surface area contributed by atoms with Crippen LogP contribution in [-0.2, 0) is 0 Å². The maximum absolute atomic E-state index is 9.69. The number of aliphatic hydroxyl groups is 1. The number of aliphatic hydroxyl groups excluding tert-OH is 1. The third-order valence-electron chi connectivity index (χ3n) is 4.31. The van der Waals surface area contributed by atoms with Gasteiger partial charge in [0.1, 0.15) is 0 Å². The van der Waals surface area contributed by atoms with E-state index in [1.54, 1.807) is 0 Å². The predicted molar refractivity (Wildman–Crippen MR) is 84.4 cm³/mol. The van der Waals surface area contributed by atoms with Crippen LogP contribution in [0.25, 0.3) is 0 Å². The molecule has 3 N–H and O–H groups in total. The Kier molecular flexibility index (Phi) is 9.58. The summed E-state index contributed by atoms with van der Waals surface area (Å²) in [4.78, 5) is 5.02. The lowest BCUT2D eigenvalue weighted by Gasteiger charge is -2.36. The van der Waals surface area contributed by atoms with Crippen molar-refractivity contribution < 1.29 is 5.11 Å². The van der Waals surface area contributed by atoms with E-state index in [1.807, 2.05) is 0 Å². The third kappa shape index (κ3) is 6.15. The van der Waals surface area contributed by atoms with E-state index < -0.39 is 0 Å². The molecule has 0 radical (unpaired) electrons. The van der Waals surface area contributed by atoms with Crippen LogP contribution in [0.15, 0.2) is 0 Å². The molecular formula is C13H29Cl2N3O. The lowest BCUT2D eigenvalue weighted by Crippen LogP contribution is -2.47. The summed E-state index contributed by atoms with van der Waals surface area (Å²) in [6.07, 6.45) is 3.15. The highest BCUT2D eigenvalue weighted by molar-refractivity contribution is 5.85. The number of nitrogens with two attached hydrogens (primary N) is 1. The van der Waals surface area contributed by atoms with Gasteiger partial charge in [0.25, 0.3) is 0 Å². The Morgan fingerprint density at radius 1 is 1.00 bits per heavy atom. The number of halogens is 2. The first-order valence-electron chi connectivity index (χ1n) is 7.03. The van der Waals surface area contributed by atoms with E-state index >= 15 is 0 Å². The van der Waals surface area contributed by atoms with Crippen LogP contribution in [0.3, 0.4) is 0 Å². The quantitative estimate of drug-likeness (QED) is 0.815. The van der Waals surface area contributed by atoms with E-state index in [4.69, 9.17) is 5.73 Å². The number of hydrogen-bond acceptors (Lipinski definition) is 4. The number of piperidine rings is 2. The fourth-order valence-corrected chi connectivity index (χ4v) is 2.88. The standard InChI is InChI=1S/C13H27N3O.2ClH/c1-11-10-16(7-4-13(11)17)9-8-15-5-2-12(14)3-6-15;;/h11-13,17H,2-10,14H2,1H3;2*1H/t11?,13-;;/m0../s1. The van der Waals surface area contributed by atoms with Crippen LogP contribution in [0.4, 0.5) is 0 Å². The minimum Gasteiger partial charge on any atom is -0.393 e. The molecule has 0 aromatic rings. The Hall–Kier alpha value is 0.420. The monoisotopic (exact) mass is 313 g/mol. The van der Waals surface area contributed by atoms with Gasteiger partial charge in [-0.25, -0.2) is 0 Å². The number of hydrogen-bond donors (Lipinski definition) is 2. The summed E-state index contributed by atoms with van der Waals surface area (Å²) >= 11 is 0. The van der Waals surface area contributed by atoms with E-state index in [2.05, 4.69) is 16.7 Å². The largest absolute Gasteiger partial charge is 0.393 e. The van der Waals surface area contributed by atoms with Crippen molar-refractivity contribution in [2.45, 2.75) is 38.3 Å². The van der Waals surface area contributed by atoms with Crippen LogP contribution in [0.2, 0.25) is 0 Å². The summed E-state index contributed by atoms with van der Waals surface area (Å²) in [5, 5.41) is 9.69. The fourth-order valence-electron chi connectivity index (χ4n) is 2.88. The molecule has 6 heteroatoms. The Balaban J connectivity index is 0.00000162. The summed E-state index contributed by atoms with van der Waals surface area (Å²) < 4.78 is 0. The molecular weight excluding hydrogens is 285 g/mol. The Bertz CT molecular complexity index is 238. The summed E-state index contributed by atoms with van der Waals surface area (Å²) in [7, 11) is 0. The maximum Gasteiger partial charge on any atom is 0.0590 e. The van der Waals surface area contributed by atoms with E-state index in [9.17, 15) is 5.11 Å². The molecule has 2 aliphatic heterocycles. The molecule has 2 rings (SSSR count). The number of likely N-dealkylation sites (tertiary alicyclic amines) is 2. The van der Waals surface area contributed by atoms with Crippen LogP contribution in [0.5, 0.6) is 0 Å². The molecule has 0 aliphatic carbocycles. The van der Waals surface area contributed by atoms with Crippen molar-refractivity contribution in [3.05, 3.63) is 0 Å². The fraction of sp³-hybridized carbons (Fsp3) is 1.00. The topological polar surface area (TPSA) is 52.7 Å². The molecule has 0 saturated carbocycles. The minimum atomic E-state index is -0.0840. The van der Waals surface area contributed by atoms with Gasteiger partial charge in [-0.2, -0.15) is 0 Å². The third-order valence-corrected chi connectivity index (χ3v) is 4.31. The van der Waals surface area contributed by atoms with Crippen LogP contribution >= 0.6 is 24.8 Å². The van der Waals surface area contributed by atoms with Crippen molar-refractivity contribution in [3.63, 3.8) is 0 Å². The van der Waals surface area contributed by atoms with Crippen LogP contribution in [-0.4, -0.2) is 66.3 Å². The van der Waals surface area contributed by atoms with Crippen molar-refractivity contribution in [1.29, 1.82) is 0 Å². The van der Waals surface area contributed by atoms with Gasteiger partial charge in [-0.1, -0.05) is 6.92 Å². The molecule has 19 heavy (non-hydrogen) atoms. The smallest absolute Gasteiger partial charge is 0.0590 e.